The largest absolute Gasteiger partial charge is 0.358 e. The van der Waals surface area contributed by atoms with E-state index >= 15 is 0 Å². The summed E-state index contributed by atoms with van der Waals surface area (Å²) in [6.07, 6.45) is 5.37. The highest BCUT2D eigenvalue weighted by atomic mass is 79.9. The molecule has 1 N–H and O–H groups in total. The van der Waals surface area contributed by atoms with Gasteiger partial charge in [-0.15, -0.1) is 0 Å². The Morgan fingerprint density at radius 3 is 2.55 bits per heavy atom. The summed E-state index contributed by atoms with van der Waals surface area (Å²) in [5.74, 6) is 0.506. The number of nitrogens with zero attached hydrogens (tertiary/aromatic N) is 3. The molecule has 0 aliphatic rings. The molecule has 0 fully saturated rings. The van der Waals surface area contributed by atoms with Gasteiger partial charge in [0.15, 0.2) is 0 Å². The number of unbranched alkanes of at least 4 members (excludes halogenated alkanes) is 1. The number of nitrogens with one attached hydrogen (secondary N) is 1. The van der Waals surface area contributed by atoms with Crippen molar-refractivity contribution in [1.29, 1.82) is 0 Å². The molecule has 0 saturated heterocycles. The molecule has 0 aliphatic heterocycles. The number of amides is 1. The number of halogens is 1. The molecular weight excluding hydrogens is 344 g/mol. The molecule has 0 unspecified atom stereocenters. The summed E-state index contributed by atoms with van der Waals surface area (Å²) in [6.45, 7) is 3.07. The van der Waals surface area contributed by atoms with E-state index in [1.54, 1.807) is 6.20 Å². The molecule has 1 aromatic carbocycles. The molecule has 5 nitrogen and oxygen atoms in total. The van der Waals surface area contributed by atoms with Crippen molar-refractivity contribution in [3.05, 3.63) is 46.8 Å². The van der Waals surface area contributed by atoms with Gasteiger partial charge in [-0.2, -0.15) is 0 Å². The smallest absolute Gasteiger partial charge is 0.275 e. The van der Waals surface area contributed by atoms with Crippen LogP contribution in [0.3, 0.4) is 0 Å². The molecule has 1 amide bonds. The molecule has 22 heavy (non-hydrogen) atoms. The van der Waals surface area contributed by atoms with Gasteiger partial charge in [0.25, 0.3) is 5.91 Å². The summed E-state index contributed by atoms with van der Waals surface area (Å²) in [5, 5.41) is 2.79. The highest BCUT2D eigenvalue weighted by Crippen LogP contribution is 2.15. The molecule has 0 aliphatic carbocycles. The number of carbonyl (C=O) groups is 1. The first-order valence-corrected chi connectivity index (χ1v) is 7.99. The zero-order valence-corrected chi connectivity index (χ0v) is 14.3. The topological polar surface area (TPSA) is 58.1 Å². The van der Waals surface area contributed by atoms with Gasteiger partial charge in [0.1, 0.15) is 11.5 Å². The SMILES string of the molecule is CCCCN(C)c1cnc(C(=O)Nc2ccc(Br)cc2)cn1. The first kappa shape index (κ1) is 16.4. The van der Waals surface area contributed by atoms with Crippen LogP contribution < -0.4 is 10.2 Å². The number of hydrogen-bond acceptors (Lipinski definition) is 4. The van der Waals surface area contributed by atoms with Crippen LogP contribution in [0.2, 0.25) is 0 Å². The van der Waals surface area contributed by atoms with E-state index in [0.717, 1.165) is 35.4 Å². The molecule has 0 saturated carbocycles. The van der Waals surface area contributed by atoms with Crippen molar-refractivity contribution in [3.8, 4) is 0 Å². The Kier molecular flexibility index (Phi) is 5.89. The van der Waals surface area contributed by atoms with Gasteiger partial charge in [-0.1, -0.05) is 29.3 Å². The maximum absolute atomic E-state index is 12.1. The molecule has 6 heteroatoms. The van der Waals surface area contributed by atoms with Crippen LogP contribution >= 0.6 is 15.9 Å². The molecule has 0 bridgehead atoms. The van der Waals surface area contributed by atoms with Crippen LogP contribution in [0.1, 0.15) is 30.3 Å². The molecule has 1 aromatic heterocycles. The van der Waals surface area contributed by atoms with Crippen LogP contribution in [-0.4, -0.2) is 29.5 Å². The van der Waals surface area contributed by atoms with E-state index < -0.39 is 0 Å². The number of carbonyl (C=O) groups excluding carboxylic acids is 1. The zero-order chi connectivity index (χ0) is 15.9. The van der Waals surface area contributed by atoms with Crippen molar-refractivity contribution in [2.24, 2.45) is 0 Å². The van der Waals surface area contributed by atoms with E-state index in [1.165, 1.54) is 6.20 Å². The summed E-state index contributed by atoms with van der Waals surface area (Å²) < 4.78 is 0.963. The zero-order valence-electron chi connectivity index (χ0n) is 12.7. The Labute approximate surface area is 138 Å². The van der Waals surface area contributed by atoms with Crippen LogP contribution in [0.25, 0.3) is 0 Å². The fraction of sp³-hybridized carbons (Fsp3) is 0.312. The molecule has 0 spiro atoms. The Balaban J connectivity index is 2.00. The minimum Gasteiger partial charge on any atom is -0.358 e. The summed E-state index contributed by atoms with van der Waals surface area (Å²) in [6, 6.07) is 7.38. The molecule has 0 radical (unpaired) electrons. The van der Waals surface area contributed by atoms with Crippen LogP contribution in [-0.2, 0) is 0 Å². The van der Waals surface area contributed by atoms with E-state index in [4.69, 9.17) is 0 Å². The summed E-state index contributed by atoms with van der Waals surface area (Å²) in [7, 11) is 1.97. The van der Waals surface area contributed by atoms with Gasteiger partial charge in [-0.05, 0) is 30.7 Å². The number of anilines is 2. The predicted molar refractivity (Wildman–Crippen MR) is 92.3 cm³/mol. The van der Waals surface area contributed by atoms with Crippen molar-refractivity contribution < 1.29 is 4.79 Å². The number of rotatable bonds is 6. The van der Waals surface area contributed by atoms with Crippen molar-refractivity contribution in [3.63, 3.8) is 0 Å². The number of benzene rings is 1. The van der Waals surface area contributed by atoms with Crippen molar-refractivity contribution in [2.45, 2.75) is 19.8 Å². The maximum atomic E-state index is 12.1. The van der Waals surface area contributed by atoms with Crippen LogP contribution in [0, 0.1) is 0 Å². The molecular formula is C16H19BrN4O. The third-order valence-electron chi connectivity index (χ3n) is 3.21. The van der Waals surface area contributed by atoms with E-state index in [9.17, 15) is 4.79 Å². The highest BCUT2D eigenvalue weighted by Gasteiger charge is 2.10. The Hall–Kier alpha value is -1.95. The lowest BCUT2D eigenvalue weighted by atomic mass is 10.3. The van der Waals surface area contributed by atoms with Crippen LogP contribution in [0.4, 0.5) is 11.5 Å². The van der Waals surface area contributed by atoms with Gasteiger partial charge < -0.3 is 10.2 Å². The maximum Gasteiger partial charge on any atom is 0.275 e. The lowest BCUT2D eigenvalue weighted by Gasteiger charge is -2.17. The standard InChI is InChI=1S/C16H19BrN4O/c1-3-4-9-21(2)15-11-18-14(10-19-15)16(22)20-13-7-5-12(17)6-8-13/h5-8,10-11H,3-4,9H2,1-2H3,(H,20,22). The second kappa shape index (κ2) is 7.89. The minimum absolute atomic E-state index is 0.266. The third-order valence-corrected chi connectivity index (χ3v) is 3.74. The lowest BCUT2D eigenvalue weighted by Crippen LogP contribution is -2.21. The van der Waals surface area contributed by atoms with E-state index in [2.05, 4.69) is 38.1 Å². The Morgan fingerprint density at radius 2 is 1.95 bits per heavy atom. The van der Waals surface area contributed by atoms with Gasteiger partial charge >= 0.3 is 0 Å². The van der Waals surface area contributed by atoms with Gasteiger partial charge in [-0.25, -0.2) is 9.97 Å². The Bertz CT molecular complexity index is 613. The van der Waals surface area contributed by atoms with Gasteiger partial charge in [0.05, 0.1) is 12.4 Å². The average Bonchev–Trinajstić information content (AvgIpc) is 2.55. The second-order valence-corrected chi connectivity index (χ2v) is 5.91. The predicted octanol–water partition coefficient (Wildman–Crippen LogP) is 3.73. The summed E-state index contributed by atoms with van der Waals surface area (Å²) >= 11 is 3.36. The molecule has 116 valence electrons. The van der Waals surface area contributed by atoms with Gasteiger partial charge in [0.2, 0.25) is 0 Å². The molecule has 1 heterocycles. The van der Waals surface area contributed by atoms with E-state index in [-0.39, 0.29) is 5.91 Å². The second-order valence-electron chi connectivity index (χ2n) is 5.00. The monoisotopic (exact) mass is 362 g/mol. The first-order valence-electron chi connectivity index (χ1n) is 7.20. The Morgan fingerprint density at radius 1 is 1.23 bits per heavy atom. The third kappa shape index (κ3) is 4.53. The van der Waals surface area contributed by atoms with Crippen LogP contribution in [0.5, 0.6) is 0 Å². The average molecular weight is 363 g/mol. The quantitative estimate of drug-likeness (QED) is 0.850. The normalized spacial score (nSPS) is 10.3. The van der Waals surface area contributed by atoms with E-state index in [0.29, 0.717) is 5.69 Å². The van der Waals surface area contributed by atoms with Crippen LogP contribution in [0.15, 0.2) is 41.1 Å². The van der Waals surface area contributed by atoms with Crippen molar-refractivity contribution in [2.75, 3.05) is 23.8 Å². The first-order chi connectivity index (χ1) is 10.6. The van der Waals surface area contributed by atoms with Crippen molar-refractivity contribution in [1.82, 2.24) is 9.97 Å². The number of hydrogen-bond donors (Lipinski definition) is 1. The van der Waals surface area contributed by atoms with Gasteiger partial charge in [0, 0.05) is 23.8 Å². The van der Waals surface area contributed by atoms with E-state index in [1.807, 2.05) is 36.2 Å². The highest BCUT2D eigenvalue weighted by molar-refractivity contribution is 9.10. The number of aromatic nitrogens is 2. The fourth-order valence-electron chi connectivity index (χ4n) is 1.87. The summed E-state index contributed by atoms with van der Waals surface area (Å²) in [5.41, 5.74) is 1.02. The molecule has 2 rings (SSSR count). The fourth-order valence-corrected chi connectivity index (χ4v) is 2.14. The van der Waals surface area contributed by atoms with Crippen molar-refractivity contribution >= 4 is 33.3 Å². The molecule has 2 aromatic rings. The lowest BCUT2D eigenvalue weighted by molar-refractivity contribution is 0.102. The minimum atomic E-state index is -0.266. The van der Waals surface area contributed by atoms with Gasteiger partial charge in [-0.3, -0.25) is 4.79 Å². The molecule has 0 atom stereocenters. The summed E-state index contributed by atoms with van der Waals surface area (Å²) in [4.78, 5) is 22.6.